The van der Waals surface area contributed by atoms with Crippen molar-refractivity contribution in [1.29, 1.82) is 0 Å². The first-order valence-electron chi connectivity index (χ1n) is 8.42. The molecule has 0 spiro atoms. The monoisotopic (exact) mass is 349 g/mol. The molecular weight excluding hydrogens is 330 g/mol. The lowest BCUT2D eigenvalue weighted by atomic mass is 10.2. The maximum Gasteiger partial charge on any atom is 0.320 e. The number of hydrogen-bond acceptors (Lipinski definition) is 5. The number of ether oxygens (including phenoxy) is 3. The molecule has 0 radical (unpaired) electrons. The van der Waals surface area contributed by atoms with Crippen LogP contribution in [-0.4, -0.2) is 28.7 Å². The number of benzene rings is 2. The Balaban J connectivity index is 1.81. The van der Waals surface area contributed by atoms with Crippen LogP contribution >= 0.6 is 0 Å². The van der Waals surface area contributed by atoms with E-state index in [-0.39, 0.29) is 0 Å². The van der Waals surface area contributed by atoms with Crippen LogP contribution < -0.4 is 14.2 Å². The second kappa shape index (κ2) is 6.55. The summed E-state index contributed by atoms with van der Waals surface area (Å²) >= 11 is 0. The van der Waals surface area contributed by atoms with Gasteiger partial charge in [0.1, 0.15) is 11.5 Å². The van der Waals surface area contributed by atoms with E-state index in [2.05, 4.69) is 21.0 Å². The zero-order valence-corrected chi connectivity index (χ0v) is 14.9. The smallest absolute Gasteiger partial charge is 0.320 e. The van der Waals surface area contributed by atoms with Crippen molar-refractivity contribution in [3.8, 4) is 23.4 Å². The molecule has 0 aliphatic carbocycles. The molecule has 0 saturated heterocycles. The van der Waals surface area contributed by atoms with Gasteiger partial charge in [-0.1, -0.05) is 0 Å². The summed E-state index contributed by atoms with van der Waals surface area (Å²) in [5.74, 6) is 1.84. The van der Waals surface area contributed by atoms with Gasteiger partial charge in [0, 0.05) is 16.6 Å². The van der Waals surface area contributed by atoms with Gasteiger partial charge in [-0.15, -0.1) is 0 Å². The van der Waals surface area contributed by atoms with Gasteiger partial charge in [-0.05, 0) is 56.3 Å². The highest BCUT2D eigenvalue weighted by atomic mass is 16.5. The molecule has 0 amide bonds. The third-order valence-electron chi connectivity index (χ3n) is 4.06. The first kappa shape index (κ1) is 16.2. The molecule has 2 aromatic carbocycles. The van der Waals surface area contributed by atoms with E-state index in [0.717, 1.165) is 27.5 Å². The SMILES string of the molecule is CCOc1nc(Oc2ccc3[nH]c(C)cc3c2)c2cc(OC)ccc2n1. The summed E-state index contributed by atoms with van der Waals surface area (Å²) in [6.07, 6.45) is 0. The lowest BCUT2D eigenvalue weighted by Crippen LogP contribution is -2.00. The Labute approximate surface area is 150 Å². The van der Waals surface area contributed by atoms with E-state index < -0.39 is 0 Å². The number of nitrogens with one attached hydrogen (secondary N) is 1. The summed E-state index contributed by atoms with van der Waals surface area (Å²) in [6, 6.07) is 13.8. The highest BCUT2D eigenvalue weighted by molar-refractivity contribution is 5.86. The molecule has 0 aliphatic rings. The van der Waals surface area contributed by atoms with Crippen LogP contribution in [0, 0.1) is 6.92 Å². The van der Waals surface area contributed by atoms with Gasteiger partial charge in [0.2, 0.25) is 5.88 Å². The maximum atomic E-state index is 6.09. The van der Waals surface area contributed by atoms with Gasteiger partial charge in [-0.3, -0.25) is 0 Å². The number of methoxy groups -OCH3 is 1. The van der Waals surface area contributed by atoms with Crippen molar-refractivity contribution < 1.29 is 14.2 Å². The fourth-order valence-corrected chi connectivity index (χ4v) is 2.89. The van der Waals surface area contributed by atoms with Crippen LogP contribution in [0.3, 0.4) is 0 Å². The summed E-state index contributed by atoms with van der Waals surface area (Å²) in [6.45, 7) is 4.40. The summed E-state index contributed by atoms with van der Waals surface area (Å²) < 4.78 is 16.9. The molecule has 4 aromatic rings. The maximum absolute atomic E-state index is 6.09. The molecule has 1 N–H and O–H groups in total. The van der Waals surface area contributed by atoms with Crippen LogP contribution in [0.4, 0.5) is 0 Å². The van der Waals surface area contributed by atoms with E-state index in [0.29, 0.717) is 30.0 Å². The fraction of sp³-hybridized carbons (Fsp3) is 0.200. The van der Waals surface area contributed by atoms with Crippen LogP contribution in [-0.2, 0) is 0 Å². The number of aromatic amines is 1. The Morgan fingerprint density at radius 1 is 1.00 bits per heavy atom. The minimum atomic E-state index is 0.290. The number of rotatable bonds is 5. The molecule has 26 heavy (non-hydrogen) atoms. The lowest BCUT2D eigenvalue weighted by molar-refractivity contribution is 0.308. The minimum absolute atomic E-state index is 0.290. The standard InChI is InChI=1S/C20H19N3O3/c1-4-25-20-22-18-8-5-14(24-3)11-16(18)19(23-20)26-15-6-7-17-13(10-15)9-12(2)21-17/h5-11,21H,4H2,1-3H3. The second-order valence-electron chi connectivity index (χ2n) is 5.93. The zero-order valence-electron chi connectivity index (χ0n) is 14.9. The zero-order chi connectivity index (χ0) is 18.1. The molecule has 0 fully saturated rings. The van der Waals surface area contributed by atoms with E-state index in [1.165, 1.54) is 0 Å². The fourth-order valence-electron chi connectivity index (χ4n) is 2.89. The molecule has 6 heteroatoms. The van der Waals surface area contributed by atoms with E-state index in [9.17, 15) is 0 Å². The summed E-state index contributed by atoms with van der Waals surface area (Å²) in [5, 5.41) is 1.85. The van der Waals surface area contributed by atoms with Crippen molar-refractivity contribution in [3.63, 3.8) is 0 Å². The average Bonchev–Trinajstić information content (AvgIpc) is 3.01. The van der Waals surface area contributed by atoms with Crippen LogP contribution in [0.1, 0.15) is 12.6 Å². The van der Waals surface area contributed by atoms with Crippen molar-refractivity contribution in [2.24, 2.45) is 0 Å². The minimum Gasteiger partial charge on any atom is -0.497 e. The molecule has 0 atom stereocenters. The van der Waals surface area contributed by atoms with E-state index >= 15 is 0 Å². The average molecular weight is 349 g/mol. The predicted octanol–water partition coefficient (Wildman–Crippen LogP) is 4.62. The number of fused-ring (bicyclic) bond motifs is 2. The van der Waals surface area contributed by atoms with Gasteiger partial charge in [0.15, 0.2) is 0 Å². The normalized spacial score (nSPS) is 11.0. The Morgan fingerprint density at radius 3 is 2.65 bits per heavy atom. The number of H-pyrrole nitrogens is 1. The van der Waals surface area contributed by atoms with Gasteiger partial charge in [0.25, 0.3) is 0 Å². The topological polar surface area (TPSA) is 69.3 Å². The van der Waals surface area contributed by atoms with Crippen LogP contribution in [0.25, 0.3) is 21.8 Å². The third kappa shape index (κ3) is 3.01. The Bertz CT molecular complexity index is 1090. The first-order valence-corrected chi connectivity index (χ1v) is 8.42. The number of aryl methyl sites for hydroxylation is 1. The number of aromatic nitrogens is 3. The molecule has 0 saturated carbocycles. The van der Waals surface area contributed by atoms with Crippen molar-refractivity contribution in [3.05, 3.63) is 48.2 Å². The molecule has 0 bridgehead atoms. The Hall–Kier alpha value is -3.28. The first-order chi connectivity index (χ1) is 12.7. The highest BCUT2D eigenvalue weighted by Gasteiger charge is 2.12. The number of nitrogens with zero attached hydrogens (tertiary/aromatic N) is 2. The molecule has 132 valence electrons. The molecule has 2 aromatic heterocycles. The van der Waals surface area contributed by atoms with E-state index in [4.69, 9.17) is 14.2 Å². The quantitative estimate of drug-likeness (QED) is 0.569. The molecule has 2 heterocycles. The van der Waals surface area contributed by atoms with Gasteiger partial charge in [-0.2, -0.15) is 9.97 Å². The second-order valence-corrected chi connectivity index (χ2v) is 5.93. The van der Waals surface area contributed by atoms with Gasteiger partial charge in [0.05, 0.1) is 24.6 Å². The van der Waals surface area contributed by atoms with Crippen molar-refractivity contribution in [2.75, 3.05) is 13.7 Å². The molecule has 0 aliphatic heterocycles. The summed E-state index contributed by atoms with van der Waals surface area (Å²) in [4.78, 5) is 12.2. The van der Waals surface area contributed by atoms with Gasteiger partial charge < -0.3 is 19.2 Å². The third-order valence-corrected chi connectivity index (χ3v) is 4.06. The lowest BCUT2D eigenvalue weighted by Gasteiger charge is -2.11. The highest BCUT2D eigenvalue weighted by Crippen LogP contribution is 2.33. The summed E-state index contributed by atoms with van der Waals surface area (Å²) in [5.41, 5.74) is 2.91. The molecule has 4 rings (SSSR count). The van der Waals surface area contributed by atoms with Crippen molar-refractivity contribution in [1.82, 2.24) is 15.0 Å². The number of hydrogen-bond donors (Lipinski definition) is 1. The van der Waals surface area contributed by atoms with Gasteiger partial charge >= 0.3 is 6.01 Å². The molecule has 0 unspecified atom stereocenters. The van der Waals surface area contributed by atoms with E-state index in [1.54, 1.807) is 7.11 Å². The largest absolute Gasteiger partial charge is 0.497 e. The van der Waals surface area contributed by atoms with Crippen LogP contribution in [0.15, 0.2) is 42.5 Å². The van der Waals surface area contributed by atoms with E-state index in [1.807, 2.05) is 50.2 Å². The Kier molecular flexibility index (Phi) is 4.08. The van der Waals surface area contributed by atoms with Crippen LogP contribution in [0.5, 0.6) is 23.4 Å². The summed E-state index contributed by atoms with van der Waals surface area (Å²) in [7, 11) is 1.62. The molecular formula is C20H19N3O3. The van der Waals surface area contributed by atoms with Crippen molar-refractivity contribution >= 4 is 21.8 Å². The van der Waals surface area contributed by atoms with Crippen molar-refractivity contribution in [2.45, 2.75) is 13.8 Å². The van der Waals surface area contributed by atoms with Crippen LogP contribution in [0.2, 0.25) is 0 Å². The molecule has 6 nitrogen and oxygen atoms in total. The Morgan fingerprint density at radius 2 is 1.85 bits per heavy atom. The van der Waals surface area contributed by atoms with Gasteiger partial charge in [-0.25, -0.2) is 0 Å². The predicted molar refractivity (Wildman–Crippen MR) is 100 cm³/mol.